The van der Waals surface area contributed by atoms with Gasteiger partial charge in [0.25, 0.3) is 0 Å². The van der Waals surface area contributed by atoms with Crippen LogP contribution in [-0.2, 0) is 12.8 Å². The zero-order valence-corrected chi connectivity index (χ0v) is 10.5. The molecule has 0 aliphatic rings. The lowest BCUT2D eigenvalue weighted by atomic mass is 10.0. The van der Waals surface area contributed by atoms with E-state index in [2.05, 4.69) is 35.8 Å². The van der Waals surface area contributed by atoms with Gasteiger partial charge in [0.15, 0.2) is 0 Å². The number of thiophene rings is 1. The molecule has 0 fully saturated rings. The Balaban J connectivity index is 2.16. The summed E-state index contributed by atoms with van der Waals surface area (Å²) in [7, 11) is 2.00. The zero-order valence-electron chi connectivity index (χ0n) is 9.69. The third kappa shape index (κ3) is 2.36. The molecule has 0 saturated carbocycles. The highest BCUT2D eigenvalue weighted by Crippen LogP contribution is 2.25. The van der Waals surface area contributed by atoms with Crippen LogP contribution in [0.2, 0.25) is 0 Å². The maximum absolute atomic E-state index is 5.48. The fraction of sp³-hybridized carbons (Fsp3) is 0.385. The molecule has 1 unspecified atom stereocenters. The van der Waals surface area contributed by atoms with Crippen LogP contribution in [0.25, 0.3) is 0 Å². The van der Waals surface area contributed by atoms with Gasteiger partial charge in [-0.2, -0.15) is 0 Å². The third-order valence-electron chi connectivity index (χ3n) is 2.81. The normalized spacial score (nSPS) is 12.9. The van der Waals surface area contributed by atoms with Crippen LogP contribution in [0.4, 0.5) is 0 Å². The van der Waals surface area contributed by atoms with Crippen molar-refractivity contribution in [1.82, 2.24) is 5.32 Å². The van der Waals surface area contributed by atoms with Gasteiger partial charge in [-0.25, -0.2) is 0 Å². The Hall–Kier alpha value is -1.06. The highest BCUT2D eigenvalue weighted by molar-refractivity contribution is 7.09. The van der Waals surface area contributed by atoms with Gasteiger partial charge in [0, 0.05) is 29.3 Å². The summed E-state index contributed by atoms with van der Waals surface area (Å²) >= 11 is 1.81. The highest BCUT2D eigenvalue weighted by Gasteiger charge is 2.16. The number of hydrogen-bond donors (Lipinski definition) is 1. The molecule has 2 rings (SSSR count). The first-order chi connectivity index (χ1) is 7.85. The first kappa shape index (κ1) is 11.4. The van der Waals surface area contributed by atoms with Gasteiger partial charge in [-0.1, -0.05) is 13.0 Å². The molecule has 2 aromatic rings. The minimum Gasteiger partial charge on any atom is -0.469 e. The van der Waals surface area contributed by atoms with E-state index in [9.17, 15) is 0 Å². The van der Waals surface area contributed by atoms with Crippen LogP contribution >= 0.6 is 11.3 Å². The van der Waals surface area contributed by atoms with Gasteiger partial charge in [0.2, 0.25) is 0 Å². The molecular weight excluding hydrogens is 218 g/mol. The van der Waals surface area contributed by atoms with Crippen molar-refractivity contribution in [2.45, 2.75) is 25.8 Å². The SMILES string of the molecule is CCc1occc1C(Cc1cccs1)NC. The molecule has 16 heavy (non-hydrogen) atoms. The number of rotatable bonds is 5. The zero-order chi connectivity index (χ0) is 11.4. The van der Waals surface area contributed by atoms with Crippen LogP contribution in [0.3, 0.4) is 0 Å². The van der Waals surface area contributed by atoms with Crippen molar-refractivity contribution in [3.05, 3.63) is 46.0 Å². The van der Waals surface area contributed by atoms with E-state index in [1.165, 1.54) is 10.4 Å². The molecular formula is C13H17NOS. The van der Waals surface area contributed by atoms with E-state index in [1.807, 2.05) is 7.05 Å². The topological polar surface area (TPSA) is 25.2 Å². The van der Waals surface area contributed by atoms with Crippen LogP contribution in [0.15, 0.2) is 34.3 Å². The lowest BCUT2D eigenvalue weighted by Gasteiger charge is -2.15. The lowest BCUT2D eigenvalue weighted by Crippen LogP contribution is -2.18. The summed E-state index contributed by atoms with van der Waals surface area (Å²) in [5, 5.41) is 5.49. The van der Waals surface area contributed by atoms with Gasteiger partial charge in [0.1, 0.15) is 5.76 Å². The fourth-order valence-corrected chi connectivity index (χ4v) is 2.70. The van der Waals surface area contributed by atoms with E-state index in [4.69, 9.17) is 4.42 Å². The molecule has 0 spiro atoms. The molecule has 2 heterocycles. The molecule has 1 atom stereocenters. The average molecular weight is 235 g/mol. The van der Waals surface area contributed by atoms with E-state index in [0.717, 1.165) is 18.6 Å². The number of likely N-dealkylation sites (N-methyl/N-ethyl adjacent to an activating group) is 1. The van der Waals surface area contributed by atoms with Gasteiger partial charge in [0.05, 0.1) is 6.26 Å². The molecule has 86 valence electrons. The monoisotopic (exact) mass is 235 g/mol. The Kier molecular flexibility index (Phi) is 3.80. The molecule has 0 amide bonds. The van der Waals surface area contributed by atoms with Crippen molar-refractivity contribution in [3.8, 4) is 0 Å². The quantitative estimate of drug-likeness (QED) is 0.859. The minimum absolute atomic E-state index is 0.354. The minimum atomic E-state index is 0.354. The number of hydrogen-bond acceptors (Lipinski definition) is 3. The second-order valence-electron chi connectivity index (χ2n) is 3.78. The van der Waals surface area contributed by atoms with Crippen molar-refractivity contribution in [1.29, 1.82) is 0 Å². The Morgan fingerprint density at radius 1 is 1.44 bits per heavy atom. The summed E-state index contributed by atoms with van der Waals surface area (Å²) in [5.74, 6) is 1.09. The number of furan rings is 1. The summed E-state index contributed by atoms with van der Waals surface area (Å²) in [6.45, 7) is 2.13. The Bertz CT molecular complexity index is 419. The van der Waals surface area contributed by atoms with Crippen molar-refractivity contribution in [2.75, 3.05) is 7.05 Å². The largest absolute Gasteiger partial charge is 0.469 e. The Morgan fingerprint density at radius 3 is 2.94 bits per heavy atom. The molecule has 1 N–H and O–H groups in total. The Labute approximate surface area is 100 Å². The van der Waals surface area contributed by atoms with Crippen LogP contribution in [0, 0.1) is 0 Å². The molecule has 0 radical (unpaired) electrons. The van der Waals surface area contributed by atoms with Crippen LogP contribution in [0.5, 0.6) is 0 Å². The van der Waals surface area contributed by atoms with Gasteiger partial charge in [-0.3, -0.25) is 0 Å². The molecule has 0 aliphatic heterocycles. The third-order valence-corrected chi connectivity index (χ3v) is 3.71. The van der Waals surface area contributed by atoms with E-state index in [1.54, 1.807) is 17.6 Å². The summed E-state index contributed by atoms with van der Waals surface area (Å²) in [6, 6.07) is 6.71. The van der Waals surface area contributed by atoms with Gasteiger partial charge in [-0.05, 0) is 24.6 Å². The van der Waals surface area contributed by atoms with Crippen LogP contribution in [-0.4, -0.2) is 7.05 Å². The van der Waals surface area contributed by atoms with Crippen LogP contribution < -0.4 is 5.32 Å². The maximum Gasteiger partial charge on any atom is 0.108 e. The predicted octanol–water partition coefficient (Wildman–Crippen LogP) is 3.41. The molecule has 2 aromatic heterocycles. The van der Waals surface area contributed by atoms with Gasteiger partial charge >= 0.3 is 0 Å². The molecule has 3 heteroatoms. The van der Waals surface area contributed by atoms with Gasteiger partial charge < -0.3 is 9.73 Å². The van der Waals surface area contributed by atoms with Gasteiger partial charge in [-0.15, -0.1) is 11.3 Å². The van der Waals surface area contributed by atoms with E-state index < -0.39 is 0 Å². The molecule has 2 nitrogen and oxygen atoms in total. The molecule has 0 aromatic carbocycles. The number of aryl methyl sites for hydroxylation is 1. The summed E-state index contributed by atoms with van der Waals surface area (Å²) in [5.41, 5.74) is 1.29. The van der Waals surface area contributed by atoms with Crippen molar-refractivity contribution in [2.24, 2.45) is 0 Å². The van der Waals surface area contributed by atoms with Crippen molar-refractivity contribution in [3.63, 3.8) is 0 Å². The Morgan fingerprint density at radius 2 is 2.31 bits per heavy atom. The molecule has 0 saturated heterocycles. The second kappa shape index (κ2) is 5.32. The highest BCUT2D eigenvalue weighted by atomic mass is 32.1. The summed E-state index contributed by atoms with van der Waals surface area (Å²) in [4.78, 5) is 1.41. The lowest BCUT2D eigenvalue weighted by molar-refractivity contribution is 0.496. The standard InChI is InChI=1S/C13H17NOS/c1-3-13-11(6-7-15-13)12(14-2)9-10-5-4-8-16-10/h4-8,12,14H,3,9H2,1-2H3. The van der Waals surface area contributed by atoms with E-state index >= 15 is 0 Å². The van der Waals surface area contributed by atoms with Crippen LogP contribution in [0.1, 0.15) is 29.2 Å². The smallest absolute Gasteiger partial charge is 0.108 e. The second-order valence-corrected chi connectivity index (χ2v) is 4.81. The predicted molar refractivity (Wildman–Crippen MR) is 67.9 cm³/mol. The molecule has 0 aliphatic carbocycles. The van der Waals surface area contributed by atoms with Crippen molar-refractivity contribution >= 4 is 11.3 Å². The first-order valence-electron chi connectivity index (χ1n) is 5.61. The summed E-state index contributed by atoms with van der Waals surface area (Å²) in [6.07, 6.45) is 3.76. The maximum atomic E-state index is 5.48. The first-order valence-corrected chi connectivity index (χ1v) is 6.49. The fourth-order valence-electron chi connectivity index (χ4n) is 1.95. The summed E-state index contributed by atoms with van der Waals surface area (Å²) < 4.78 is 5.48. The van der Waals surface area contributed by atoms with E-state index in [0.29, 0.717) is 6.04 Å². The number of nitrogens with one attached hydrogen (secondary N) is 1. The van der Waals surface area contributed by atoms with E-state index in [-0.39, 0.29) is 0 Å². The average Bonchev–Trinajstić information content (AvgIpc) is 2.96. The van der Waals surface area contributed by atoms with Crippen molar-refractivity contribution < 1.29 is 4.42 Å². The molecule has 0 bridgehead atoms.